The van der Waals surface area contributed by atoms with Crippen molar-refractivity contribution in [2.24, 2.45) is 7.05 Å². The van der Waals surface area contributed by atoms with E-state index < -0.39 is 0 Å². The van der Waals surface area contributed by atoms with Gasteiger partial charge in [0, 0.05) is 24.0 Å². The van der Waals surface area contributed by atoms with Gasteiger partial charge in [-0.15, -0.1) is 0 Å². The Kier molecular flexibility index (Phi) is 5.63. The molecule has 1 heterocycles. The van der Waals surface area contributed by atoms with Gasteiger partial charge in [0.1, 0.15) is 0 Å². The highest BCUT2D eigenvalue weighted by Crippen LogP contribution is 2.28. The van der Waals surface area contributed by atoms with Gasteiger partial charge >= 0.3 is 0 Å². The van der Waals surface area contributed by atoms with Gasteiger partial charge in [-0.05, 0) is 53.5 Å². The number of nitrogens with one attached hydrogen (secondary N) is 1. The minimum absolute atomic E-state index is 0.276. The van der Waals surface area contributed by atoms with Crippen LogP contribution in [0.5, 0.6) is 0 Å². The number of benzene rings is 1. The van der Waals surface area contributed by atoms with E-state index >= 15 is 0 Å². The molecule has 5 heteroatoms. The Morgan fingerprint density at radius 3 is 2.52 bits per heavy atom. The van der Waals surface area contributed by atoms with Gasteiger partial charge in [0.2, 0.25) is 0 Å². The summed E-state index contributed by atoms with van der Waals surface area (Å²) in [6.07, 6.45) is 0.904. The first kappa shape index (κ1) is 16.7. The number of hydrogen-bond donors (Lipinski definition) is 1. The SMILES string of the molecule is CCNC(Cc1c(Br)c(C)nn1C)c1ccc(C)c(Br)c1. The van der Waals surface area contributed by atoms with Crippen molar-refractivity contribution >= 4 is 31.9 Å². The van der Waals surface area contributed by atoms with Crippen LogP contribution in [0, 0.1) is 13.8 Å². The van der Waals surface area contributed by atoms with Crippen molar-refractivity contribution in [2.75, 3.05) is 6.54 Å². The number of aryl methyl sites for hydroxylation is 3. The van der Waals surface area contributed by atoms with Gasteiger partial charge in [-0.25, -0.2) is 0 Å². The average molecular weight is 415 g/mol. The fraction of sp³-hybridized carbons (Fsp3) is 0.438. The minimum atomic E-state index is 0.276. The lowest BCUT2D eigenvalue weighted by molar-refractivity contribution is 0.527. The highest BCUT2D eigenvalue weighted by Gasteiger charge is 2.18. The summed E-state index contributed by atoms with van der Waals surface area (Å²) < 4.78 is 4.23. The maximum absolute atomic E-state index is 4.48. The standard InChI is InChI=1S/C16H21Br2N3/c1-5-19-14(12-7-6-10(2)13(17)8-12)9-15-16(18)11(3)20-21(15)4/h6-8,14,19H,5,9H2,1-4H3. The molecule has 0 saturated carbocycles. The van der Waals surface area contributed by atoms with E-state index in [0.29, 0.717) is 0 Å². The molecule has 1 atom stereocenters. The Morgan fingerprint density at radius 1 is 1.29 bits per heavy atom. The third kappa shape index (κ3) is 3.76. The molecule has 0 fully saturated rings. The van der Waals surface area contributed by atoms with E-state index in [2.05, 4.69) is 74.3 Å². The molecule has 1 unspecified atom stereocenters. The predicted octanol–water partition coefficient (Wildman–Crippen LogP) is 4.46. The van der Waals surface area contributed by atoms with Crippen LogP contribution >= 0.6 is 31.9 Å². The zero-order valence-electron chi connectivity index (χ0n) is 12.9. The lowest BCUT2D eigenvalue weighted by Gasteiger charge is -2.19. The summed E-state index contributed by atoms with van der Waals surface area (Å²) in [6.45, 7) is 7.21. The van der Waals surface area contributed by atoms with E-state index in [0.717, 1.165) is 27.6 Å². The van der Waals surface area contributed by atoms with Gasteiger partial charge in [0.25, 0.3) is 0 Å². The maximum Gasteiger partial charge on any atom is 0.0738 e. The highest BCUT2D eigenvalue weighted by molar-refractivity contribution is 9.10. The lowest BCUT2D eigenvalue weighted by atomic mass is 10.0. The number of aromatic nitrogens is 2. The molecule has 2 rings (SSSR count). The molecule has 1 aromatic heterocycles. The van der Waals surface area contributed by atoms with Crippen LogP contribution in [0.1, 0.15) is 35.5 Å². The van der Waals surface area contributed by atoms with Crippen LogP contribution < -0.4 is 5.32 Å². The molecule has 0 spiro atoms. The van der Waals surface area contributed by atoms with Crippen LogP contribution in [-0.2, 0) is 13.5 Å². The molecule has 0 aliphatic rings. The molecule has 0 aliphatic carbocycles. The fourth-order valence-electron chi connectivity index (χ4n) is 2.48. The Bertz CT molecular complexity index is 635. The second-order valence-corrected chi connectivity index (χ2v) is 6.94. The molecule has 1 N–H and O–H groups in total. The van der Waals surface area contributed by atoms with Crippen LogP contribution in [0.15, 0.2) is 27.1 Å². The molecule has 0 aliphatic heterocycles. The number of nitrogens with zero attached hydrogens (tertiary/aromatic N) is 2. The first-order chi connectivity index (χ1) is 9.93. The van der Waals surface area contributed by atoms with Crippen molar-refractivity contribution in [3.05, 3.63) is 49.7 Å². The Morgan fingerprint density at radius 2 is 2.00 bits per heavy atom. The Labute approximate surface area is 143 Å². The van der Waals surface area contributed by atoms with Crippen LogP contribution in [0.3, 0.4) is 0 Å². The number of likely N-dealkylation sites (N-methyl/N-ethyl adjacent to an activating group) is 1. The van der Waals surface area contributed by atoms with Crippen molar-refractivity contribution < 1.29 is 0 Å². The van der Waals surface area contributed by atoms with Gasteiger partial charge in [-0.3, -0.25) is 4.68 Å². The molecule has 3 nitrogen and oxygen atoms in total. The highest BCUT2D eigenvalue weighted by atomic mass is 79.9. The van der Waals surface area contributed by atoms with Gasteiger partial charge in [0.05, 0.1) is 15.9 Å². The molecule has 2 aromatic rings. The average Bonchev–Trinajstić information content (AvgIpc) is 2.68. The normalized spacial score (nSPS) is 12.7. The van der Waals surface area contributed by atoms with Crippen molar-refractivity contribution in [3.8, 4) is 0 Å². The first-order valence-corrected chi connectivity index (χ1v) is 8.70. The fourth-order valence-corrected chi connectivity index (χ4v) is 3.37. The third-order valence-corrected chi connectivity index (χ3v) is 5.59. The van der Waals surface area contributed by atoms with Crippen molar-refractivity contribution in [2.45, 2.75) is 33.2 Å². The summed E-state index contributed by atoms with van der Waals surface area (Å²) in [7, 11) is 2.00. The summed E-state index contributed by atoms with van der Waals surface area (Å²) >= 11 is 7.29. The number of rotatable bonds is 5. The quantitative estimate of drug-likeness (QED) is 0.782. The van der Waals surface area contributed by atoms with Crippen LogP contribution in [0.4, 0.5) is 0 Å². The summed E-state index contributed by atoms with van der Waals surface area (Å²) in [5, 5.41) is 8.06. The molecule has 114 valence electrons. The molecular weight excluding hydrogens is 394 g/mol. The van der Waals surface area contributed by atoms with Gasteiger partial charge in [-0.2, -0.15) is 5.10 Å². The zero-order chi connectivity index (χ0) is 15.6. The molecule has 1 aromatic carbocycles. The second-order valence-electron chi connectivity index (χ2n) is 5.29. The first-order valence-electron chi connectivity index (χ1n) is 7.11. The van der Waals surface area contributed by atoms with E-state index in [4.69, 9.17) is 0 Å². The lowest BCUT2D eigenvalue weighted by Crippen LogP contribution is -2.24. The van der Waals surface area contributed by atoms with Crippen LogP contribution in [-0.4, -0.2) is 16.3 Å². The topological polar surface area (TPSA) is 29.9 Å². The van der Waals surface area contributed by atoms with Crippen molar-refractivity contribution in [3.63, 3.8) is 0 Å². The summed E-state index contributed by atoms with van der Waals surface area (Å²) in [6, 6.07) is 6.84. The monoisotopic (exact) mass is 413 g/mol. The van der Waals surface area contributed by atoms with Crippen LogP contribution in [0.2, 0.25) is 0 Å². The number of halogens is 2. The summed E-state index contributed by atoms with van der Waals surface area (Å²) in [5.74, 6) is 0. The van der Waals surface area contributed by atoms with E-state index in [1.165, 1.54) is 16.8 Å². The van der Waals surface area contributed by atoms with E-state index in [1.54, 1.807) is 0 Å². The molecule has 0 saturated heterocycles. The zero-order valence-corrected chi connectivity index (χ0v) is 16.0. The van der Waals surface area contributed by atoms with Gasteiger partial charge in [0.15, 0.2) is 0 Å². The number of hydrogen-bond acceptors (Lipinski definition) is 2. The molecule has 21 heavy (non-hydrogen) atoms. The Hall–Kier alpha value is -0.650. The molecular formula is C16H21Br2N3. The molecule has 0 amide bonds. The van der Waals surface area contributed by atoms with E-state index in [9.17, 15) is 0 Å². The summed E-state index contributed by atoms with van der Waals surface area (Å²) in [4.78, 5) is 0. The van der Waals surface area contributed by atoms with Gasteiger partial charge in [-0.1, -0.05) is 35.0 Å². The third-order valence-electron chi connectivity index (χ3n) is 3.71. The van der Waals surface area contributed by atoms with Gasteiger partial charge < -0.3 is 5.32 Å². The van der Waals surface area contributed by atoms with E-state index in [1.807, 2.05) is 18.7 Å². The molecule has 0 radical (unpaired) electrons. The predicted molar refractivity (Wildman–Crippen MR) is 94.6 cm³/mol. The van der Waals surface area contributed by atoms with Crippen molar-refractivity contribution in [1.82, 2.24) is 15.1 Å². The second kappa shape index (κ2) is 7.07. The minimum Gasteiger partial charge on any atom is -0.310 e. The summed E-state index contributed by atoms with van der Waals surface area (Å²) in [5.41, 5.74) is 4.80. The molecule has 0 bridgehead atoms. The Balaban J connectivity index is 2.32. The maximum atomic E-state index is 4.48. The largest absolute Gasteiger partial charge is 0.310 e. The van der Waals surface area contributed by atoms with Crippen molar-refractivity contribution in [1.29, 1.82) is 0 Å². The smallest absolute Gasteiger partial charge is 0.0738 e. The van der Waals surface area contributed by atoms with E-state index in [-0.39, 0.29) is 6.04 Å². The van der Waals surface area contributed by atoms with Crippen LogP contribution in [0.25, 0.3) is 0 Å².